The predicted octanol–water partition coefficient (Wildman–Crippen LogP) is 0.910. The molecule has 0 aliphatic carbocycles. The van der Waals surface area contributed by atoms with Crippen LogP contribution in [0.4, 0.5) is 0 Å². The van der Waals surface area contributed by atoms with Gasteiger partial charge in [0.25, 0.3) is 0 Å². The highest BCUT2D eigenvalue weighted by Crippen LogP contribution is 2.19. The second-order valence-electron chi connectivity index (χ2n) is 3.28. The van der Waals surface area contributed by atoms with Crippen LogP contribution in [0.25, 0.3) is 0 Å². The largest absolute Gasteiger partial charge is 0.291 e. The third kappa shape index (κ3) is 1.93. The number of nitrogens with zero attached hydrogens (tertiary/aromatic N) is 1. The maximum absolute atomic E-state index is 10.2. The van der Waals surface area contributed by atoms with E-state index in [9.17, 15) is 4.79 Å². The van der Waals surface area contributed by atoms with Crippen molar-refractivity contribution in [3.63, 3.8) is 0 Å². The fraction of sp³-hybridized carbons (Fsp3) is 0.875. The molecular weight excluding hydrogens is 140 g/mol. The average Bonchev–Trinajstić information content (AvgIpc) is 1.97. The number of amides is 1. The molecule has 1 aliphatic heterocycles. The number of hydrogen-bond acceptors (Lipinski definition) is 2. The minimum atomic E-state index is 0.490. The lowest BCUT2D eigenvalue weighted by molar-refractivity contribution is -0.116. The average molecular weight is 156 g/mol. The van der Waals surface area contributed by atoms with Crippen LogP contribution in [0.5, 0.6) is 0 Å². The van der Waals surface area contributed by atoms with E-state index in [1.807, 2.05) is 5.01 Å². The van der Waals surface area contributed by atoms with Crippen molar-refractivity contribution in [2.45, 2.75) is 45.2 Å². The second-order valence-corrected chi connectivity index (χ2v) is 3.28. The molecule has 0 aromatic heterocycles. The topological polar surface area (TPSA) is 32.3 Å². The van der Waals surface area contributed by atoms with Crippen LogP contribution in [0.2, 0.25) is 0 Å². The smallest absolute Gasteiger partial charge is 0.221 e. The summed E-state index contributed by atoms with van der Waals surface area (Å²) in [6.45, 7) is 4.29. The van der Waals surface area contributed by atoms with Gasteiger partial charge in [-0.2, -0.15) is 0 Å². The van der Waals surface area contributed by atoms with Gasteiger partial charge in [-0.3, -0.25) is 10.2 Å². The molecule has 1 saturated heterocycles. The van der Waals surface area contributed by atoms with Gasteiger partial charge in [0.1, 0.15) is 0 Å². The first kappa shape index (κ1) is 8.53. The van der Waals surface area contributed by atoms with Gasteiger partial charge in [0, 0.05) is 12.1 Å². The number of piperidine rings is 1. The lowest BCUT2D eigenvalue weighted by atomic mass is 10.00. The molecule has 3 nitrogen and oxygen atoms in total. The molecule has 0 spiro atoms. The highest BCUT2D eigenvalue weighted by Gasteiger charge is 2.23. The summed E-state index contributed by atoms with van der Waals surface area (Å²) in [5.74, 6) is 0. The molecular formula is C8H16N2O. The van der Waals surface area contributed by atoms with Crippen molar-refractivity contribution in [1.29, 1.82) is 0 Å². The zero-order valence-electron chi connectivity index (χ0n) is 7.21. The molecule has 11 heavy (non-hydrogen) atoms. The van der Waals surface area contributed by atoms with Crippen molar-refractivity contribution in [2.75, 3.05) is 0 Å². The van der Waals surface area contributed by atoms with Gasteiger partial charge in [-0.1, -0.05) is 6.42 Å². The van der Waals surface area contributed by atoms with E-state index >= 15 is 0 Å². The molecule has 2 atom stereocenters. The molecule has 64 valence electrons. The van der Waals surface area contributed by atoms with Crippen LogP contribution in [-0.4, -0.2) is 23.5 Å². The highest BCUT2D eigenvalue weighted by atomic mass is 16.1. The fourth-order valence-electron chi connectivity index (χ4n) is 1.74. The van der Waals surface area contributed by atoms with Crippen LogP contribution in [0.3, 0.4) is 0 Å². The van der Waals surface area contributed by atoms with Crippen LogP contribution >= 0.6 is 0 Å². The zero-order chi connectivity index (χ0) is 8.27. The maximum atomic E-state index is 10.2. The van der Waals surface area contributed by atoms with E-state index in [-0.39, 0.29) is 0 Å². The Morgan fingerprint density at radius 1 is 1.36 bits per heavy atom. The lowest BCUT2D eigenvalue weighted by Gasteiger charge is -2.37. The standard InChI is InChI=1S/C8H16N2O/c1-7-4-3-5-8(2)10(7)9-6-11/h6-8H,3-5H2,1-2H3,(H,9,11). The molecule has 0 saturated carbocycles. The third-order valence-electron chi connectivity index (χ3n) is 2.40. The molecule has 0 bridgehead atoms. The Morgan fingerprint density at radius 2 is 1.91 bits per heavy atom. The number of hydrogen-bond donors (Lipinski definition) is 1. The SMILES string of the molecule is CC1CCCC(C)N1NC=O. The first-order valence-electron chi connectivity index (χ1n) is 4.24. The Hall–Kier alpha value is -0.570. The molecule has 1 rings (SSSR count). The summed E-state index contributed by atoms with van der Waals surface area (Å²) in [5, 5.41) is 2.04. The van der Waals surface area contributed by atoms with Crippen LogP contribution in [0.15, 0.2) is 0 Å². The molecule has 1 N–H and O–H groups in total. The first-order valence-corrected chi connectivity index (χ1v) is 4.24. The number of rotatable bonds is 2. The van der Waals surface area contributed by atoms with Crippen molar-refractivity contribution >= 4 is 6.41 Å². The summed E-state index contributed by atoms with van der Waals surface area (Å²) in [5.41, 5.74) is 2.74. The van der Waals surface area contributed by atoms with Gasteiger partial charge in [0.2, 0.25) is 6.41 Å². The van der Waals surface area contributed by atoms with Crippen LogP contribution in [-0.2, 0) is 4.79 Å². The molecule has 2 unspecified atom stereocenters. The summed E-state index contributed by atoms with van der Waals surface area (Å²) in [7, 11) is 0. The van der Waals surface area contributed by atoms with E-state index in [1.165, 1.54) is 19.3 Å². The van der Waals surface area contributed by atoms with Crippen molar-refractivity contribution in [2.24, 2.45) is 0 Å². The van der Waals surface area contributed by atoms with Crippen molar-refractivity contribution in [3.8, 4) is 0 Å². The van der Waals surface area contributed by atoms with Crippen LogP contribution in [0.1, 0.15) is 33.1 Å². The molecule has 1 fully saturated rings. The normalized spacial score (nSPS) is 33.3. The molecule has 0 radical (unpaired) electrons. The van der Waals surface area contributed by atoms with Crippen molar-refractivity contribution < 1.29 is 4.79 Å². The lowest BCUT2D eigenvalue weighted by Crippen LogP contribution is -2.51. The van der Waals surface area contributed by atoms with Gasteiger partial charge in [0.15, 0.2) is 0 Å². The molecule has 0 aromatic rings. The van der Waals surface area contributed by atoms with Crippen LogP contribution in [0, 0.1) is 0 Å². The Kier molecular flexibility index (Phi) is 2.88. The predicted molar refractivity (Wildman–Crippen MR) is 43.8 cm³/mol. The minimum absolute atomic E-state index is 0.490. The molecule has 1 aliphatic rings. The highest BCUT2D eigenvalue weighted by molar-refractivity contribution is 5.45. The second kappa shape index (κ2) is 3.72. The van der Waals surface area contributed by atoms with Crippen molar-refractivity contribution in [3.05, 3.63) is 0 Å². The van der Waals surface area contributed by atoms with E-state index in [4.69, 9.17) is 0 Å². The molecule has 1 heterocycles. The Morgan fingerprint density at radius 3 is 2.36 bits per heavy atom. The first-order chi connectivity index (χ1) is 5.25. The number of nitrogens with one attached hydrogen (secondary N) is 1. The summed E-state index contributed by atoms with van der Waals surface area (Å²) >= 11 is 0. The van der Waals surface area contributed by atoms with Crippen molar-refractivity contribution in [1.82, 2.24) is 10.4 Å². The van der Waals surface area contributed by atoms with Gasteiger partial charge in [-0.05, 0) is 26.7 Å². The maximum Gasteiger partial charge on any atom is 0.221 e. The summed E-state index contributed by atoms with van der Waals surface area (Å²) in [6.07, 6.45) is 4.41. The third-order valence-corrected chi connectivity index (χ3v) is 2.40. The summed E-state index contributed by atoms with van der Waals surface area (Å²) in [6, 6.07) is 0.980. The zero-order valence-corrected chi connectivity index (χ0v) is 7.21. The fourth-order valence-corrected chi connectivity index (χ4v) is 1.74. The summed E-state index contributed by atoms with van der Waals surface area (Å²) < 4.78 is 0. The van der Waals surface area contributed by atoms with Gasteiger partial charge in [0.05, 0.1) is 0 Å². The van der Waals surface area contributed by atoms with E-state index in [1.54, 1.807) is 0 Å². The van der Waals surface area contributed by atoms with Gasteiger partial charge in [-0.25, -0.2) is 5.01 Å². The van der Waals surface area contributed by atoms with E-state index in [2.05, 4.69) is 19.3 Å². The quantitative estimate of drug-likeness (QED) is 0.603. The number of hydrazine groups is 1. The molecule has 3 heteroatoms. The Bertz CT molecular complexity index is 128. The number of carbonyl (C=O) groups is 1. The Labute approximate surface area is 67.7 Å². The van der Waals surface area contributed by atoms with E-state index in [0.717, 1.165) is 6.41 Å². The molecule has 0 aromatic carbocycles. The molecule has 1 amide bonds. The minimum Gasteiger partial charge on any atom is -0.291 e. The van der Waals surface area contributed by atoms with Gasteiger partial charge in [-0.15, -0.1) is 0 Å². The van der Waals surface area contributed by atoms with E-state index < -0.39 is 0 Å². The monoisotopic (exact) mass is 156 g/mol. The van der Waals surface area contributed by atoms with Gasteiger partial charge < -0.3 is 0 Å². The number of carbonyl (C=O) groups excluding carboxylic acids is 1. The van der Waals surface area contributed by atoms with Gasteiger partial charge >= 0.3 is 0 Å². The Balaban J connectivity index is 2.47. The van der Waals surface area contributed by atoms with Crippen LogP contribution < -0.4 is 5.43 Å². The summed E-state index contributed by atoms with van der Waals surface area (Å²) in [4.78, 5) is 10.2. The van der Waals surface area contributed by atoms with E-state index in [0.29, 0.717) is 12.1 Å².